The summed E-state index contributed by atoms with van der Waals surface area (Å²) in [6, 6.07) is 0. The van der Waals surface area contributed by atoms with Gasteiger partial charge in [-0.1, -0.05) is 25.1 Å². The van der Waals surface area contributed by atoms with E-state index in [0.717, 1.165) is 29.3 Å². The van der Waals surface area contributed by atoms with Gasteiger partial charge in [0.1, 0.15) is 6.54 Å². The third kappa shape index (κ3) is 5.13. The van der Waals surface area contributed by atoms with Gasteiger partial charge in [0, 0.05) is 6.54 Å². The average Bonchev–Trinajstić information content (AvgIpc) is 2.73. The van der Waals surface area contributed by atoms with E-state index in [-0.39, 0.29) is 18.2 Å². The number of carboxylic acid groups (broad SMARTS) is 1. The molecular weight excluding hydrogens is 258 g/mol. The van der Waals surface area contributed by atoms with Crippen LogP contribution in [0.4, 0.5) is 0 Å². The first kappa shape index (κ1) is 14.4. The van der Waals surface area contributed by atoms with Crippen molar-refractivity contribution in [2.24, 2.45) is 0 Å². The Morgan fingerprint density at radius 3 is 2.94 bits per heavy atom. The minimum atomic E-state index is -1.03. The summed E-state index contributed by atoms with van der Waals surface area (Å²) in [5.74, 6) is -0.973. The van der Waals surface area contributed by atoms with E-state index < -0.39 is 5.97 Å². The molecule has 0 fully saturated rings. The van der Waals surface area contributed by atoms with Gasteiger partial charge >= 0.3 is 5.97 Å². The molecule has 1 heterocycles. The fraction of sp³-hybridized carbons (Fsp3) is 0.667. The lowest BCUT2D eigenvalue weighted by Crippen LogP contribution is -2.26. The van der Waals surface area contributed by atoms with Crippen molar-refractivity contribution in [3.05, 3.63) is 0 Å². The fourth-order valence-corrected chi connectivity index (χ4v) is 1.82. The summed E-state index contributed by atoms with van der Waals surface area (Å²) in [7, 11) is 0. The molecule has 1 amide bonds. The smallest absolute Gasteiger partial charge is 0.325 e. The maximum Gasteiger partial charge on any atom is 0.325 e. The predicted molar refractivity (Wildman–Crippen MR) is 64.1 cm³/mol. The Morgan fingerprint density at radius 1 is 1.50 bits per heavy atom. The molecule has 100 valence electrons. The van der Waals surface area contributed by atoms with Gasteiger partial charge in [-0.15, -0.1) is 5.10 Å². The number of aliphatic carboxylic acids is 1. The summed E-state index contributed by atoms with van der Waals surface area (Å²) in [5, 5.41) is 22.3. The highest BCUT2D eigenvalue weighted by atomic mass is 32.2. The molecule has 8 nitrogen and oxygen atoms in total. The van der Waals surface area contributed by atoms with Crippen molar-refractivity contribution in [2.75, 3.05) is 12.3 Å². The molecule has 0 unspecified atom stereocenters. The largest absolute Gasteiger partial charge is 0.480 e. The molecule has 0 aliphatic rings. The molecule has 0 aliphatic carbocycles. The maximum atomic E-state index is 11.4. The highest BCUT2D eigenvalue weighted by Crippen LogP contribution is 2.12. The highest BCUT2D eigenvalue weighted by molar-refractivity contribution is 7.99. The molecule has 0 spiro atoms. The van der Waals surface area contributed by atoms with Crippen LogP contribution in [0.1, 0.15) is 19.8 Å². The molecule has 18 heavy (non-hydrogen) atoms. The zero-order valence-electron chi connectivity index (χ0n) is 10.00. The number of carboxylic acids is 1. The number of carbonyl (C=O) groups excluding carboxylic acids is 1. The molecule has 0 radical (unpaired) electrons. The molecule has 0 aromatic carbocycles. The van der Waals surface area contributed by atoms with Crippen LogP contribution < -0.4 is 5.32 Å². The molecule has 0 saturated heterocycles. The van der Waals surface area contributed by atoms with Crippen LogP contribution in [0.5, 0.6) is 0 Å². The van der Waals surface area contributed by atoms with E-state index in [4.69, 9.17) is 5.11 Å². The summed E-state index contributed by atoms with van der Waals surface area (Å²) in [6.07, 6.45) is 1.96. The van der Waals surface area contributed by atoms with E-state index in [1.54, 1.807) is 0 Å². The normalized spacial score (nSPS) is 10.3. The van der Waals surface area contributed by atoms with Crippen molar-refractivity contribution in [2.45, 2.75) is 31.5 Å². The topological polar surface area (TPSA) is 110 Å². The predicted octanol–water partition coefficient (Wildman–Crippen LogP) is -0.234. The van der Waals surface area contributed by atoms with Gasteiger partial charge in [-0.2, -0.15) is 0 Å². The molecule has 0 aliphatic heterocycles. The number of tetrazole rings is 1. The van der Waals surface area contributed by atoms with Gasteiger partial charge in [-0.25, -0.2) is 4.68 Å². The molecule has 1 rings (SSSR count). The lowest BCUT2D eigenvalue weighted by molar-refractivity contribution is -0.138. The van der Waals surface area contributed by atoms with Gasteiger partial charge in [-0.05, 0) is 16.8 Å². The second kappa shape index (κ2) is 7.64. The summed E-state index contributed by atoms with van der Waals surface area (Å²) in [4.78, 5) is 21.9. The molecule has 0 atom stereocenters. The van der Waals surface area contributed by atoms with Crippen LogP contribution in [0.3, 0.4) is 0 Å². The Hall–Kier alpha value is -1.64. The third-order valence-electron chi connectivity index (χ3n) is 1.97. The quantitative estimate of drug-likeness (QED) is 0.497. The van der Waals surface area contributed by atoms with Crippen LogP contribution in [0.2, 0.25) is 0 Å². The zero-order valence-corrected chi connectivity index (χ0v) is 10.8. The van der Waals surface area contributed by atoms with Gasteiger partial charge in [-0.3, -0.25) is 9.59 Å². The van der Waals surface area contributed by atoms with E-state index >= 15 is 0 Å². The summed E-state index contributed by atoms with van der Waals surface area (Å²) in [6.45, 7) is 2.38. The zero-order chi connectivity index (χ0) is 13.4. The van der Waals surface area contributed by atoms with E-state index in [2.05, 4.69) is 20.8 Å². The second-order valence-corrected chi connectivity index (χ2v) is 4.45. The first-order chi connectivity index (χ1) is 8.63. The van der Waals surface area contributed by atoms with E-state index in [1.807, 2.05) is 6.92 Å². The van der Waals surface area contributed by atoms with Crippen molar-refractivity contribution in [3.8, 4) is 0 Å². The molecule has 0 bridgehead atoms. The first-order valence-electron chi connectivity index (χ1n) is 5.51. The van der Waals surface area contributed by atoms with Crippen LogP contribution in [-0.4, -0.2) is 49.5 Å². The van der Waals surface area contributed by atoms with Crippen LogP contribution in [-0.2, 0) is 16.1 Å². The highest BCUT2D eigenvalue weighted by Gasteiger charge is 2.11. The van der Waals surface area contributed by atoms with Gasteiger partial charge in [0.05, 0.1) is 5.75 Å². The number of nitrogens with zero attached hydrogens (tertiary/aromatic N) is 4. The van der Waals surface area contributed by atoms with Crippen molar-refractivity contribution in [1.82, 2.24) is 25.5 Å². The number of hydrogen-bond acceptors (Lipinski definition) is 6. The second-order valence-electron chi connectivity index (χ2n) is 3.51. The van der Waals surface area contributed by atoms with Crippen molar-refractivity contribution < 1.29 is 14.7 Å². The minimum Gasteiger partial charge on any atom is -0.480 e. The number of carbonyl (C=O) groups is 2. The van der Waals surface area contributed by atoms with Crippen LogP contribution in [0.15, 0.2) is 5.16 Å². The van der Waals surface area contributed by atoms with Crippen LogP contribution >= 0.6 is 11.8 Å². The van der Waals surface area contributed by atoms with Gasteiger partial charge < -0.3 is 10.4 Å². The Bertz CT molecular complexity index is 409. The fourth-order valence-electron chi connectivity index (χ4n) is 1.11. The average molecular weight is 273 g/mol. The number of thioether (sulfide) groups is 1. The number of amides is 1. The summed E-state index contributed by atoms with van der Waals surface area (Å²) >= 11 is 1.11. The molecule has 2 N–H and O–H groups in total. The molecule has 9 heteroatoms. The van der Waals surface area contributed by atoms with E-state index in [1.165, 1.54) is 0 Å². The van der Waals surface area contributed by atoms with Crippen molar-refractivity contribution in [1.29, 1.82) is 0 Å². The number of aromatic nitrogens is 4. The number of unbranched alkanes of at least 4 members (excludes halogenated alkanes) is 1. The maximum absolute atomic E-state index is 11.4. The van der Waals surface area contributed by atoms with Crippen molar-refractivity contribution >= 4 is 23.6 Å². The summed E-state index contributed by atoms with van der Waals surface area (Å²) in [5.41, 5.74) is 0. The number of nitrogens with one attached hydrogen (secondary N) is 1. The van der Waals surface area contributed by atoms with E-state index in [9.17, 15) is 9.59 Å². The lowest BCUT2D eigenvalue weighted by atomic mass is 10.3. The summed E-state index contributed by atoms with van der Waals surface area (Å²) < 4.78 is 1.15. The van der Waals surface area contributed by atoms with Gasteiger partial charge in [0.15, 0.2) is 0 Å². The number of hydrogen-bond donors (Lipinski definition) is 2. The SMILES string of the molecule is CCCCNC(=O)CSc1nnnn1CC(=O)O. The molecular formula is C9H15N5O3S. The van der Waals surface area contributed by atoms with Crippen LogP contribution in [0.25, 0.3) is 0 Å². The van der Waals surface area contributed by atoms with Gasteiger partial charge in [0.2, 0.25) is 11.1 Å². The lowest BCUT2D eigenvalue weighted by Gasteiger charge is -2.03. The number of rotatable bonds is 8. The Labute approximate surface area is 108 Å². The standard InChI is InChI=1S/C9H15N5O3S/c1-2-3-4-10-7(15)6-18-9-11-12-13-14(9)5-8(16)17/h2-6H2,1H3,(H,10,15)(H,16,17). The molecule has 0 saturated carbocycles. The Balaban J connectivity index is 2.36. The van der Waals surface area contributed by atoms with Crippen molar-refractivity contribution in [3.63, 3.8) is 0 Å². The third-order valence-corrected chi connectivity index (χ3v) is 2.93. The monoisotopic (exact) mass is 273 g/mol. The molecule has 1 aromatic rings. The van der Waals surface area contributed by atoms with Gasteiger partial charge in [0.25, 0.3) is 0 Å². The van der Waals surface area contributed by atoms with E-state index in [0.29, 0.717) is 11.7 Å². The minimum absolute atomic E-state index is 0.113. The Kier molecular flexibility index (Phi) is 6.12. The van der Waals surface area contributed by atoms with Crippen LogP contribution in [0, 0.1) is 0 Å². The Morgan fingerprint density at radius 2 is 2.28 bits per heavy atom. The first-order valence-corrected chi connectivity index (χ1v) is 6.49. The molecule has 1 aromatic heterocycles.